The number of amidine groups is 1. The minimum atomic E-state index is -0.182. The van der Waals surface area contributed by atoms with E-state index in [1.54, 1.807) is 0 Å². The lowest BCUT2D eigenvalue weighted by atomic mass is 9.84. The first-order valence-corrected chi connectivity index (χ1v) is 11.2. The van der Waals surface area contributed by atoms with Crippen LogP contribution in [0.15, 0.2) is 58.4 Å². The first kappa shape index (κ1) is 18.4. The highest BCUT2D eigenvalue weighted by Crippen LogP contribution is 2.45. The van der Waals surface area contributed by atoms with Gasteiger partial charge in [0.05, 0.1) is 30.3 Å². The van der Waals surface area contributed by atoms with Gasteiger partial charge in [0.25, 0.3) is 5.91 Å². The zero-order chi connectivity index (χ0) is 20.1. The second-order valence-corrected chi connectivity index (χ2v) is 9.16. The highest BCUT2D eigenvalue weighted by atomic mass is 32.2. The Labute approximate surface area is 179 Å². The average Bonchev–Trinajstić information content (AvgIpc) is 3.35. The largest absolute Gasteiger partial charge is 0.372 e. The smallest absolute Gasteiger partial charge is 0.286 e. The molecular formula is C24H22N2O3S. The van der Waals surface area contributed by atoms with Crippen LogP contribution in [0.3, 0.4) is 0 Å². The van der Waals surface area contributed by atoms with Gasteiger partial charge in [0.2, 0.25) is 0 Å². The van der Waals surface area contributed by atoms with Gasteiger partial charge < -0.3 is 14.4 Å². The van der Waals surface area contributed by atoms with Crippen LogP contribution in [0.25, 0.3) is 5.57 Å². The van der Waals surface area contributed by atoms with Crippen LogP contribution in [-0.4, -0.2) is 35.7 Å². The molecule has 6 heteroatoms. The number of benzene rings is 2. The van der Waals surface area contributed by atoms with Crippen LogP contribution in [0.4, 0.5) is 0 Å². The maximum Gasteiger partial charge on any atom is 0.286 e. The molecule has 1 saturated heterocycles. The molecule has 4 aliphatic heterocycles. The van der Waals surface area contributed by atoms with E-state index >= 15 is 0 Å². The molecule has 0 saturated carbocycles. The van der Waals surface area contributed by atoms with Gasteiger partial charge in [-0.25, -0.2) is 0 Å². The van der Waals surface area contributed by atoms with Crippen molar-refractivity contribution in [1.82, 2.24) is 4.90 Å². The van der Waals surface area contributed by atoms with Gasteiger partial charge in [-0.1, -0.05) is 48.5 Å². The summed E-state index contributed by atoms with van der Waals surface area (Å²) in [6.45, 7) is 3.42. The third-order valence-electron chi connectivity index (χ3n) is 6.56. The second-order valence-electron chi connectivity index (χ2n) is 8.19. The molecule has 5 nitrogen and oxygen atoms in total. The molecule has 0 bridgehead atoms. The highest BCUT2D eigenvalue weighted by molar-refractivity contribution is 8.18. The van der Waals surface area contributed by atoms with E-state index in [2.05, 4.69) is 46.3 Å². The number of amides is 1. The lowest BCUT2D eigenvalue weighted by Crippen LogP contribution is -2.44. The molecule has 1 amide bonds. The summed E-state index contributed by atoms with van der Waals surface area (Å²) >= 11 is 1.50. The Hall–Kier alpha value is -2.41. The van der Waals surface area contributed by atoms with Crippen LogP contribution in [0.2, 0.25) is 0 Å². The maximum atomic E-state index is 12.8. The van der Waals surface area contributed by atoms with E-state index in [1.165, 1.54) is 22.9 Å². The van der Waals surface area contributed by atoms with Gasteiger partial charge >= 0.3 is 0 Å². The minimum Gasteiger partial charge on any atom is -0.372 e. The summed E-state index contributed by atoms with van der Waals surface area (Å²) in [4.78, 5) is 20.1. The number of hydrogen-bond acceptors (Lipinski definition) is 5. The molecule has 152 valence electrons. The van der Waals surface area contributed by atoms with Crippen molar-refractivity contribution in [2.45, 2.75) is 31.7 Å². The number of carbonyl (C=O) groups excluding carboxylic acids is 1. The Balaban J connectivity index is 1.22. The van der Waals surface area contributed by atoms with Gasteiger partial charge in [-0.3, -0.25) is 4.79 Å². The number of aliphatic imine (C=N–C) groups is 1. The normalized spacial score (nSPS) is 24.7. The summed E-state index contributed by atoms with van der Waals surface area (Å²) in [6.07, 6.45) is 1.82. The van der Waals surface area contributed by atoms with E-state index in [1.807, 2.05) is 12.1 Å². The number of ether oxygens (including phenoxy) is 2. The quantitative estimate of drug-likeness (QED) is 0.604. The number of thioether (sulfide) groups is 1. The molecule has 2 aromatic carbocycles. The third kappa shape index (κ3) is 2.86. The molecule has 30 heavy (non-hydrogen) atoms. The zero-order valence-electron chi connectivity index (χ0n) is 16.6. The van der Waals surface area contributed by atoms with Crippen molar-refractivity contribution in [1.29, 1.82) is 0 Å². The van der Waals surface area contributed by atoms with Crippen LogP contribution in [0.1, 0.15) is 35.1 Å². The Morgan fingerprint density at radius 1 is 0.933 bits per heavy atom. The molecular weight excluding hydrogens is 396 g/mol. The number of piperidine rings is 1. The molecule has 4 aliphatic rings. The Morgan fingerprint density at radius 2 is 1.70 bits per heavy atom. The highest BCUT2D eigenvalue weighted by Gasteiger charge is 2.43. The number of likely N-dealkylation sites (tertiary alicyclic amines) is 1. The van der Waals surface area contributed by atoms with E-state index in [9.17, 15) is 4.79 Å². The van der Waals surface area contributed by atoms with Crippen LogP contribution in [0.5, 0.6) is 0 Å². The Kier molecular flexibility index (Phi) is 4.33. The monoisotopic (exact) mass is 418 g/mol. The lowest BCUT2D eigenvalue weighted by Gasteiger charge is -2.39. The SMILES string of the molecule is O=C1N=C(N2CCC3(CC2)OCc2ccccc23)SC1=C1COCc2ccccc21. The lowest BCUT2D eigenvalue weighted by molar-refractivity contribution is -0.113. The second kappa shape index (κ2) is 7.08. The summed E-state index contributed by atoms with van der Waals surface area (Å²) in [7, 11) is 0. The standard InChI is InChI=1S/C24H22N2O3S/c27-22-21(19-15-28-13-16-5-1-3-7-18(16)19)30-23(25-22)26-11-9-24(10-12-26)20-8-4-2-6-17(20)14-29-24/h1-8H,9-15H2. The van der Waals surface area contributed by atoms with E-state index < -0.39 is 0 Å². The van der Waals surface area contributed by atoms with E-state index in [0.717, 1.165) is 47.8 Å². The van der Waals surface area contributed by atoms with Crippen molar-refractivity contribution in [2.75, 3.05) is 19.7 Å². The van der Waals surface area contributed by atoms with Gasteiger partial charge in [0.1, 0.15) is 0 Å². The number of fused-ring (bicyclic) bond motifs is 3. The zero-order valence-corrected chi connectivity index (χ0v) is 17.4. The predicted octanol–water partition coefficient (Wildman–Crippen LogP) is 4.08. The summed E-state index contributed by atoms with van der Waals surface area (Å²) < 4.78 is 12.0. The summed E-state index contributed by atoms with van der Waals surface area (Å²) in [5.41, 5.74) is 5.66. The van der Waals surface area contributed by atoms with Crippen LogP contribution in [0, 0.1) is 0 Å². The summed E-state index contributed by atoms with van der Waals surface area (Å²) in [6, 6.07) is 16.7. The number of hydrogen-bond donors (Lipinski definition) is 0. The topological polar surface area (TPSA) is 51.1 Å². The average molecular weight is 419 g/mol. The van der Waals surface area contributed by atoms with Crippen LogP contribution >= 0.6 is 11.8 Å². The van der Waals surface area contributed by atoms with Crippen molar-refractivity contribution in [3.05, 3.63) is 75.7 Å². The molecule has 0 radical (unpaired) electrons. The fraction of sp³-hybridized carbons (Fsp3) is 0.333. The summed E-state index contributed by atoms with van der Waals surface area (Å²) in [5, 5.41) is 0.812. The van der Waals surface area contributed by atoms with E-state index in [-0.39, 0.29) is 11.5 Å². The molecule has 0 aromatic heterocycles. The van der Waals surface area contributed by atoms with Crippen molar-refractivity contribution in [2.24, 2.45) is 4.99 Å². The van der Waals surface area contributed by atoms with Gasteiger partial charge in [0.15, 0.2) is 5.17 Å². The van der Waals surface area contributed by atoms with Gasteiger partial charge in [-0.2, -0.15) is 4.99 Å². The molecule has 0 unspecified atom stereocenters. The molecule has 1 fully saturated rings. The van der Waals surface area contributed by atoms with E-state index in [0.29, 0.717) is 24.7 Å². The molecule has 6 rings (SSSR count). The van der Waals surface area contributed by atoms with Crippen molar-refractivity contribution >= 4 is 28.4 Å². The van der Waals surface area contributed by atoms with Crippen molar-refractivity contribution < 1.29 is 14.3 Å². The maximum absolute atomic E-state index is 12.8. The Bertz CT molecular complexity index is 1100. The van der Waals surface area contributed by atoms with Crippen molar-refractivity contribution in [3.8, 4) is 0 Å². The Morgan fingerprint density at radius 3 is 2.57 bits per heavy atom. The molecule has 1 spiro atoms. The van der Waals surface area contributed by atoms with Crippen LogP contribution in [-0.2, 0) is 33.1 Å². The van der Waals surface area contributed by atoms with Gasteiger partial charge in [0, 0.05) is 18.7 Å². The third-order valence-corrected chi connectivity index (χ3v) is 7.72. The first-order valence-electron chi connectivity index (χ1n) is 10.4. The van der Waals surface area contributed by atoms with Gasteiger partial charge in [-0.15, -0.1) is 0 Å². The fourth-order valence-electron chi connectivity index (χ4n) is 4.95. The molecule has 0 aliphatic carbocycles. The number of rotatable bonds is 0. The predicted molar refractivity (Wildman–Crippen MR) is 117 cm³/mol. The molecule has 0 N–H and O–H groups in total. The number of carbonyl (C=O) groups is 1. The minimum absolute atomic E-state index is 0.145. The molecule has 4 heterocycles. The fourth-order valence-corrected chi connectivity index (χ4v) is 6.00. The van der Waals surface area contributed by atoms with E-state index in [4.69, 9.17) is 9.47 Å². The van der Waals surface area contributed by atoms with Gasteiger partial charge in [-0.05, 0) is 46.9 Å². The summed E-state index contributed by atoms with van der Waals surface area (Å²) in [5.74, 6) is -0.145. The van der Waals surface area contributed by atoms with Crippen molar-refractivity contribution in [3.63, 3.8) is 0 Å². The molecule has 2 aromatic rings. The van der Waals surface area contributed by atoms with Crippen LogP contribution < -0.4 is 0 Å². The number of nitrogens with zero attached hydrogens (tertiary/aromatic N) is 2. The molecule has 0 atom stereocenters. The first-order chi connectivity index (χ1) is 14.7.